The van der Waals surface area contributed by atoms with Crippen molar-refractivity contribution in [2.45, 2.75) is 50.4 Å². The number of amides is 1. The van der Waals surface area contributed by atoms with Crippen molar-refractivity contribution < 1.29 is 19.1 Å². The summed E-state index contributed by atoms with van der Waals surface area (Å²) in [5.74, 6) is 1.29. The maximum atomic E-state index is 13.8. The minimum absolute atomic E-state index is 0.110. The predicted molar refractivity (Wildman–Crippen MR) is 114 cm³/mol. The van der Waals surface area contributed by atoms with E-state index in [1.165, 1.54) is 0 Å². The number of ether oxygens (including phenoxy) is 2. The van der Waals surface area contributed by atoms with E-state index in [-0.39, 0.29) is 29.9 Å². The fraction of sp³-hybridized carbons (Fsp3) is 0.652. The Hall–Kier alpha value is -2.16. The van der Waals surface area contributed by atoms with Gasteiger partial charge in [-0.05, 0) is 50.4 Å². The summed E-state index contributed by atoms with van der Waals surface area (Å²) in [6.45, 7) is 5.25. The van der Waals surface area contributed by atoms with Crippen LogP contribution >= 0.6 is 0 Å². The lowest BCUT2D eigenvalue weighted by molar-refractivity contribution is -0.147. The molecule has 4 aliphatic heterocycles. The van der Waals surface area contributed by atoms with E-state index in [9.17, 15) is 9.59 Å². The Balaban J connectivity index is 1.35. The second-order valence-corrected chi connectivity index (χ2v) is 9.18. The molecule has 0 saturated carbocycles. The minimum atomic E-state index is -0.397. The van der Waals surface area contributed by atoms with Crippen molar-refractivity contribution in [2.24, 2.45) is 11.8 Å². The molecule has 2 N–H and O–H groups in total. The summed E-state index contributed by atoms with van der Waals surface area (Å²) in [4.78, 5) is 30.7. The number of nitrogens with zero attached hydrogens (tertiary/aromatic N) is 2. The number of hydrogen-bond acceptors (Lipinski definition) is 7. The van der Waals surface area contributed by atoms with Crippen LogP contribution in [0.5, 0.6) is 5.75 Å². The van der Waals surface area contributed by atoms with Gasteiger partial charge in [0.2, 0.25) is 5.91 Å². The quantitative estimate of drug-likeness (QED) is 0.652. The number of likely N-dealkylation sites (tertiary alicyclic amines) is 1. The van der Waals surface area contributed by atoms with Crippen LogP contribution in [0.4, 0.5) is 0 Å². The smallest absolute Gasteiger partial charge is 0.324 e. The molecule has 8 nitrogen and oxygen atoms in total. The topological polar surface area (TPSA) is 83.1 Å². The van der Waals surface area contributed by atoms with Crippen molar-refractivity contribution in [3.63, 3.8) is 0 Å². The van der Waals surface area contributed by atoms with Crippen LogP contribution in [0, 0.1) is 11.8 Å². The third-order valence-electron chi connectivity index (χ3n) is 7.74. The van der Waals surface area contributed by atoms with E-state index in [4.69, 9.17) is 9.47 Å². The summed E-state index contributed by atoms with van der Waals surface area (Å²) in [6, 6.07) is 7.82. The van der Waals surface area contributed by atoms with Gasteiger partial charge in [-0.2, -0.15) is 0 Å². The Labute approximate surface area is 183 Å². The highest BCUT2D eigenvalue weighted by Crippen LogP contribution is 2.53. The van der Waals surface area contributed by atoms with Crippen LogP contribution in [0.1, 0.15) is 31.7 Å². The van der Waals surface area contributed by atoms with Crippen LogP contribution in [0.3, 0.4) is 0 Å². The standard InChI is InChI=1S/C23H32N4O4/c1-3-31-21(28)20-18(12-24-25-20)19-11-16-14-26(13-15-6-4-7-17(10-15)30-2)22(29)23(16)8-5-9-27(19)23/h4,6-7,10,16,18-20,24-25H,3,5,8-9,11-14H2,1-2H3/t16-,18?,19-,20?,23-/m0/s1. The first-order chi connectivity index (χ1) is 15.1. The molecule has 5 atom stereocenters. The second kappa shape index (κ2) is 8.07. The number of nitrogens with one attached hydrogen (secondary N) is 2. The first-order valence-corrected chi connectivity index (χ1v) is 11.4. The zero-order valence-corrected chi connectivity index (χ0v) is 18.3. The number of hydrogen-bond donors (Lipinski definition) is 2. The van der Waals surface area contributed by atoms with E-state index in [1.54, 1.807) is 7.11 Å². The highest BCUT2D eigenvalue weighted by atomic mass is 16.5. The van der Waals surface area contributed by atoms with E-state index >= 15 is 0 Å². The first-order valence-electron chi connectivity index (χ1n) is 11.4. The van der Waals surface area contributed by atoms with Crippen LogP contribution in [0.15, 0.2) is 24.3 Å². The molecule has 2 unspecified atom stereocenters. The molecule has 5 rings (SSSR count). The fourth-order valence-corrected chi connectivity index (χ4v) is 6.50. The number of benzene rings is 1. The molecule has 4 aliphatic rings. The lowest BCUT2D eigenvalue weighted by atomic mass is 9.84. The van der Waals surface area contributed by atoms with Crippen LogP contribution in [-0.2, 0) is 20.9 Å². The van der Waals surface area contributed by atoms with E-state index in [0.29, 0.717) is 19.1 Å². The zero-order valence-electron chi connectivity index (χ0n) is 18.3. The largest absolute Gasteiger partial charge is 0.497 e. The molecule has 0 aromatic heterocycles. The van der Waals surface area contributed by atoms with Crippen LogP contribution < -0.4 is 15.6 Å². The van der Waals surface area contributed by atoms with Gasteiger partial charge in [-0.3, -0.25) is 19.9 Å². The highest BCUT2D eigenvalue weighted by molar-refractivity contribution is 5.90. The van der Waals surface area contributed by atoms with E-state index in [2.05, 4.69) is 21.8 Å². The minimum Gasteiger partial charge on any atom is -0.497 e. The van der Waals surface area contributed by atoms with Gasteiger partial charge >= 0.3 is 5.97 Å². The Morgan fingerprint density at radius 1 is 1.35 bits per heavy atom. The number of carbonyl (C=O) groups excluding carboxylic acids is 2. The Bertz CT molecular complexity index is 864. The molecule has 1 spiro atoms. The van der Waals surface area contributed by atoms with Crippen molar-refractivity contribution >= 4 is 11.9 Å². The van der Waals surface area contributed by atoms with Gasteiger partial charge in [0.15, 0.2) is 0 Å². The molecule has 0 radical (unpaired) electrons. The van der Waals surface area contributed by atoms with Gasteiger partial charge < -0.3 is 14.4 Å². The molecular formula is C23H32N4O4. The predicted octanol–water partition coefficient (Wildman–Crippen LogP) is 0.916. The Morgan fingerprint density at radius 3 is 3.03 bits per heavy atom. The Morgan fingerprint density at radius 2 is 2.23 bits per heavy atom. The van der Waals surface area contributed by atoms with Crippen molar-refractivity contribution in [3.05, 3.63) is 29.8 Å². The second-order valence-electron chi connectivity index (χ2n) is 9.18. The van der Waals surface area contributed by atoms with Crippen molar-refractivity contribution in [1.82, 2.24) is 20.7 Å². The molecule has 0 bridgehead atoms. The lowest BCUT2D eigenvalue weighted by Gasteiger charge is -2.36. The highest BCUT2D eigenvalue weighted by Gasteiger charge is 2.66. The molecule has 1 amide bonds. The summed E-state index contributed by atoms with van der Waals surface area (Å²) >= 11 is 0. The van der Waals surface area contributed by atoms with Gasteiger partial charge in [0, 0.05) is 37.5 Å². The van der Waals surface area contributed by atoms with Gasteiger partial charge in [0.25, 0.3) is 0 Å². The normalized spacial score (nSPS) is 34.8. The monoisotopic (exact) mass is 428 g/mol. The molecule has 4 heterocycles. The molecule has 8 heteroatoms. The van der Waals surface area contributed by atoms with Crippen molar-refractivity contribution in [3.8, 4) is 5.75 Å². The van der Waals surface area contributed by atoms with Gasteiger partial charge in [-0.15, -0.1) is 0 Å². The summed E-state index contributed by atoms with van der Waals surface area (Å²) in [5, 5.41) is 0. The number of hydrazine groups is 1. The number of rotatable bonds is 6. The van der Waals surface area contributed by atoms with E-state index < -0.39 is 5.54 Å². The Kier molecular flexibility index (Phi) is 5.40. The van der Waals surface area contributed by atoms with E-state index in [1.807, 2.05) is 30.0 Å². The van der Waals surface area contributed by atoms with Crippen LogP contribution in [0.2, 0.25) is 0 Å². The SMILES string of the molecule is CCOC(=O)C1NNCC1[C@@H]1C[C@H]2CN(Cc3cccc(OC)c3)C(=O)[C@]23CCCN13. The van der Waals surface area contributed by atoms with Crippen LogP contribution in [0.25, 0.3) is 0 Å². The third-order valence-corrected chi connectivity index (χ3v) is 7.74. The molecule has 4 fully saturated rings. The average Bonchev–Trinajstić information content (AvgIpc) is 3.52. The maximum Gasteiger partial charge on any atom is 0.324 e. The molecule has 4 saturated heterocycles. The molecule has 0 aliphatic carbocycles. The number of methoxy groups -OCH3 is 1. The lowest BCUT2D eigenvalue weighted by Crippen LogP contribution is -2.54. The van der Waals surface area contributed by atoms with Gasteiger partial charge in [-0.25, -0.2) is 5.43 Å². The maximum absolute atomic E-state index is 13.8. The summed E-state index contributed by atoms with van der Waals surface area (Å²) in [5.41, 5.74) is 6.97. The van der Waals surface area contributed by atoms with Gasteiger partial charge in [0.05, 0.1) is 13.7 Å². The van der Waals surface area contributed by atoms with E-state index in [0.717, 1.165) is 50.2 Å². The summed E-state index contributed by atoms with van der Waals surface area (Å²) in [7, 11) is 1.66. The van der Waals surface area contributed by atoms with Gasteiger partial charge in [0.1, 0.15) is 17.3 Å². The third kappa shape index (κ3) is 3.23. The fourth-order valence-electron chi connectivity index (χ4n) is 6.50. The van der Waals surface area contributed by atoms with Crippen molar-refractivity contribution in [2.75, 3.05) is 33.4 Å². The number of esters is 1. The molecular weight excluding hydrogens is 396 g/mol. The summed E-state index contributed by atoms with van der Waals surface area (Å²) < 4.78 is 10.6. The summed E-state index contributed by atoms with van der Waals surface area (Å²) in [6.07, 6.45) is 2.90. The zero-order chi connectivity index (χ0) is 21.6. The van der Waals surface area contributed by atoms with Gasteiger partial charge in [-0.1, -0.05) is 12.1 Å². The molecule has 1 aromatic carbocycles. The average molecular weight is 429 g/mol. The van der Waals surface area contributed by atoms with Crippen molar-refractivity contribution in [1.29, 1.82) is 0 Å². The van der Waals surface area contributed by atoms with Crippen LogP contribution in [-0.4, -0.2) is 72.6 Å². The molecule has 168 valence electrons. The molecule has 31 heavy (non-hydrogen) atoms. The first kappa shape index (κ1) is 20.7. The molecule has 1 aromatic rings. The number of carbonyl (C=O) groups is 2.